The predicted molar refractivity (Wildman–Crippen MR) is 109 cm³/mol. The summed E-state index contributed by atoms with van der Waals surface area (Å²) in [6.45, 7) is 0. The van der Waals surface area contributed by atoms with Gasteiger partial charge in [0.15, 0.2) is 0 Å². The summed E-state index contributed by atoms with van der Waals surface area (Å²) in [5, 5.41) is 6.23. The van der Waals surface area contributed by atoms with Gasteiger partial charge in [0, 0.05) is 10.4 Å². The van der Waals surface area contributed by atoms with E-state index in [9.17, 15) is 9.59 Å². The Hall–Kier alpha value is -1.47. The molecule has 144 valence electrons. The molecule has 0 spiro atoms. The third kappa shape index (κ3) is 4.51. The number of anilines is 1. The summed E-state index contributed by atoms with van der Waals surface area (Å²) in [6.07, 6.45) is 1.63. The van der Waals surface area contributed by atoms with E-state index >= 15 is 0 Å². The molecule has 0 radical (unpaired) electrons. The second kappa shape index (κ2) is 8.27. The third-order valence-corrected chi connectivity index (χ3v) is 6.10. The normalized spacial score (nSPS) is 14.4. The molecule has 1 amide bonds. The van der Waals surface area contributed by atoms with Crippen LogP contribution in [0.4, 0.5) is 5.00 Å². The van der Waals surface area contributed by atoms with Crippen LogP contribution in [0.15, 0.2) is 30.3 Å². The van der Waals surface area contributed by atoms with Crippen molar-refractivity contribution in [2.45, 2.75) is 29.2 Å². The summed E-state index contributed by atoms with van der Waals surface area (Å²) in [5.41, 5.74) is 1.84. The second-order valence-electron chi connectivity index (χ2n) is 6.01. The molecule has 1 aliphatic rings. The number of esters is 1. The molecular weight excluding hydrogens is 431 g/mol. The smallest absolute Gasteiger partial charge is 0.341 e. The third-order valence-electron chi connectivity index (χ3n) is 4.22. The molecule has 0 saturated heterocycles. The van der Waals surface area contributed by atoms with Crippen molar-refractivity contribution in [2.24, 2.45) is 0 Å². The van der Waals surface area contributed by atoms with Crippen molar-refractivity contribution in [3.8, 4) is 0 Å². The lowest BCUT2D eigenvalue weighted by molar-refractivity contribution is 0.0601. The van der Waals surface area contributed by atoms with Gasteiger partial charge in [0.1, 0.15) is 11.2 Å². The van der Waals surface area contributed by atoms with Crippen molar-refractivity contribution >= 4 is 63.0 Å². The van der Waals surface area contributed by atoms with Gasteiger partial charge in [-0.15, -0.1) is 11.3 Å². The van der Waals surface area contributed by atoms with E-state index in [1.54, 1.807) is 30.3 Å². The zero-order valence-corrected chi connectivity index (χ0v) is 17.4. The first kappa shape index (κ1) is 20.3. The van der Waals surface area contributed by atoms with Gasteiger partial charge in [-0.3, -0.25) is 4.79 Å². The Morgan fingerprint density at radius 3 is 2.52 bits per heavy atom. The number of benzene rings is 1. The summed E-state index contributed by atoms with van der Waals surface area (Å²) in [5.74, 6) is -0.850. The van der Waals surface area contributed by atoms with Gasteiger partial charge in [0.05, 0.1) is 12.7 Å². The highest BCUT2D eigenvalue weighted by Crippen LogP contribution is 2.41. The van der Waals surface area contributed by atoms with E-state index in [0.29, 0.717) is 16.1 Å². The van der Waals surface area contributed by atoms with Crippen LogP contribution >= 0.6 is 46.1 Å². The van der Waals surface area contributed by atoms with Crippen molar-refractivity contribution in [3.63, 3.8) is 0 Å². The first-order valence-electron chi connectivity index (χ1n) is 8.23. The minimum absolute atomic E-state index is 0.400. The van der Waals surface area contributed by atoms with Crippen LogP contribution in [-0.2, 0) is 17.6 Å². The predicted octanol–water partition coefficient (Wildman–Crippen LogP) is 4.56. The van der Waals surface area contributed by atoms with Crippen LogP contribution in [0.3, 0.4) is 0 Å². The number of carbonyl (C=O) groups excluding carboxylic acids is 2. The molecule has 1 heterocycles. The zero-order valence-electron chi connectivity index (χ0n) is 14.4. The minimum Gasteiger partial charge on any atom is -0.465 e. The van der Waals surface area contributed by atoms with Crippen molar-refractivity contribution in [1.82, 2.24) is 5.32 Å². The minimum atomic E-state index is -1.84. The number of hydrogen-bond donors (Lipinski definition) is 2. The monoisotopic (exact) mass is 446 g/mol. The molecule has 1 aliphatic carbocycles. The Labute approximate surface area is 175 Å². The molecule has 1 aromatic carbocycles. The Balaban J connectivity index is 1.88. The lowest BCUT2D eigenvalue weighted by Gasteiger charge is -2.27. The number of carbonyl (C=O) groups is 2. The molecule has 2 aromatic rings. The van der Waals surface area contributed by atoms with Gasteiger partial charge >= 0.3 is 5.97 Å². The number of methoxy groups -OCH3 is 1. The van der Waals surface area contributed by atoms with E-state index in [2.05, 4.69) is 10.6 Å². The molecular formula is C18H17Cl3N2O3S. The van der Waals surface area contributed by atoms with Crippen molar-refractivity contribution in [2.75, 3.05) is 12.4 Å². The fraction of sp³-hybridized carbons (Fsp3) is 0.333. The van der Waals surface area contributed by atoms with Crippen molar-refractivity contribution < 1.29 is 14.3 Å². The second-order valence-corrected chi connectivity index (χ2v) is 9.49. The van der Waals surface area contributed by atoms with E-state index < -0.39 is 21.8 Å². The van der Waals surface area contributed by atoms with E-state index in [1.807, 2.05) is 0 Å². The van der Waals surface area contributed by atoms with Gasteiger partial charge in [-0.1, -0.05) is 53.0 Å². The maximum atomic E-state index is 12.5. The average molecular weight is 448 g/mol. The average Bonchev–Trinajstić information content (AvgIpc) is 3.21. The van der Waals surface area contributed by atoms with E-state index in [0.717, 1.165) is 29.7 Å². The Kier molecular flexibility index (Phi) is 6.21. The van der Waals surface area contributed by atoms with Crippen LogP contribution in [0.2, 0.25) is 0 Å². The molecule has 9 heteroatoms. The number of ether oxygens (including phenoxy) is 1. The van der Waals surface area contributed by atoms with Crippen LogP contribution in [0, 0.1) is 0 Å². The van der Waals surface area contributed by atoms with Gasteiger partial charge < -0.3 is 15.4 Å². The molecule has 0 unspecified atom stereocenters. The highest BCUT2D eigenvalue weighted by Gasteiger charge is 2.37. The molecule has 5 nitrogen and oxygen atoms in total. The summed E-state index contributed by atoms with van der Waals surface area (Å²) < 4.78 is 3.08. The summed E-state index contributed by atoms with van der Waals surface area (Å²) >= 11 is 19.7. The van der Waals surface area contributed by atoms with Gasteiger partial charge in [-0.05, 0) is 37.0 Å². The maximum absolute atomic E-state index is 12.5. The van der Waals surface area contributed by atoms with Gasteiger partial charge in [0.2, 0.25) is 3.79 Å². The van der Waals surface area contributed by atoms with Crippen molar-refractivity contribution in [1.29, 1.82) is 0 Å². The molecule has 27 heavy (non-hydrogen) atoms. The highest BCUT2D eigenvalue weighted by molar-refractivity contribution is 7.16. The molecule has 0 fully saturated rings. The molecule has 0 bridgehead atoms. The standard InChI is InChI=1S/C18H17Cl3N2O3S/c1-26-16(25)13-11-8-5-9-12(11)27-15(13)23-17(18(19,20)21)22-14(24)10-6-3-2-4-7-10/h2-4,6-7,17,23H,5,8-9H2,1H3,(H,22,24)/t17-/m1/s1. The van der Waals surface area contributed by atoms with E-state index in [4.69, 9.17) is 39.5 Å². The first-order valence-corrected chi connectivity index (χ1v) is 10.2. The number of amides is 1. The van der Waals surface area contributed by atoms with Crippen LogP contribution in [0.5, 0.6) is 0 Å². The topological polar surface area (TPSA) is 67.4 Å². The fourth-order valence-corrected chi connectivity index (χ4v) is 4.59. The number of alkyl halides is 3. The Bertz CT molecular complexity index is 850. The maximum Gasteiger partial charge on any atom is 0.341 e. The molecule has 1 atom stereocenters. The molecule has 2 N–H and O–H groups in total. The number of halogens is 3. The zero-order chi connectivity index (χ0) is 19.6. The van der Waals surface area contributed by atoms with Gasteiger partial charge in [-0.25, -0.2) is 4.79 Å². The number of fused-ring (bicyclic) bond motifs is 1. The molecule has 1 aromatic heterocycles. The first-order chi connectivity index (χ1) is 12.8. The highest BCUT2D eigenvalue weighted by atomic mass is 35.6. The van der Waals surface area contributed by atoms with Crippen LogP contribution in [-0.4, -0.2) is 28.9 Å². The molecule has 3 rings (SSSR count). The number of rotatable bonds is 5. The molecule has 0 aliphatic heterocycles. The fourth-order valence-electron chi connectivity index (χ4n) is 2.96. The lowest BCUT2D eigenvalue weighted by Crippen LogP contribution is -2.49. The number of nitrogens with one attached hydrogen (secondary N) is 2. The quantitative estimate of drug-likeness (QED) is 0.400. The number of hydrogen-bond acceptors (Lipinski definition) is 5. The molecule has 0 saturated carbocycles. The van der Waals surface area contributed by atoms with E-state index in [-0.39, 0.29) is 0 Å². The van der Waals surface area contributed by atoms with Crippen LogP contribution < -0.4 is 10.6 Å². The largest absolute Gasteiger partial charge is 0.465 e. The van der Waals surface area contributed by atoms with Crippen LogP contribution in [0.1, 0.15) is 37.6 Å². The van der Waals surface area contributed by atoms with Crippen LogP contribution in [0.25, 0.3) is 0 Å². The number of aryl methyl sites for hydroxylation is 1. The number of thiophene rings is 1. The van der Waals surface area contributed by atoms with Crippen molar-refractivity contribution in [3.05, 3.63) is 51.9 Å². The van der Waals surface area contributed by atoms with Gasteiger partial charge in [0.25, 0.3) is 5.91 Å². The Morgan fingerprint density at radius 2 is 1.89 bits per heavy atom. The summed E-state index contributed by atoms with van der Waals surface area (Å²) in [4.78, 5) is 25.9. The van der Waals surface area contributed by atoms with Gasteiger partial charge in [-0.2, -0.15) is 0 Å². The summed E-state index contributed by atoms with van der Waals surface area (Å²) in [6, 6.07) is 8.60. The SMILES string of the molecule is COC(=O)c1c(N[C@@H](NC(=O)c2ccccc2)C(Cl)(Cl)Cl)sc2c1CCC2. The summed E-state index contributed by atoms with van der Waals surface area (Å²) in [7, 11) is 1.33. The lowest BCUT2D eigenvalue weighted by atomic mass is 10.1. The van der Waals surface area contributed by atoms with E-state index in [1.165, 1.54) is 18.4 Å². The Morgan fingerprint density at radius 1 is 1.19 bits per heavy atom.